The molecule has 0 heterocycles. The van der Waals surface area contributed by atoms with Crippen LogP contribution in [0.4, 0.5) is 0 Å². The molecule has 1 atom stereocenters. The SMILES string of the molecule is CCC(C)NS(=O)(=O)c1ccc(C(=O)NCCCOc2cccc(C)c2)cc1. The van der Waals surface area contributed by atoms with Crippen molar-refractivity contribution >= 4 is 15.9 Å². The van der Waals surface area contributed by atoms with Crippen LogP contribution in [0.3, 0.4) is 0 Å². The second kappa shape index (κ2) is 10.2. The number of carbonyl (C=O) groups excluding carboxylic acids is 1. The Morgan fingerprint density at radius 1 is 1.14 bits per heavy atom. The first-order valence-electron chi connectivity index (χ1n) is 9.42. The van der Waals surface area contributed by atoms with Gasteiger partial charge in [0, 0.05) is 18.2 Å². The Labute approximate surface area is 167 Å². The largest absolute Gasteiger partial charge is 0.494 e. The first-order valence-corrected chi connectivity index (χ1v) is 10.9. The molecule has 2 rings (SSSR count). The summed E-state index contributed by atoms with van der Waals surface area (Å²) in [6.07, 6.45) is 1.37. The molecule has 0 fully saturated rings. The third-order valence-electron chi connectivity index (χ3n) is 4.26. The lowest BCUT2D eigenvalue weighted by Gasteiger charge is -2.12. The first-order chi connectivity index (χ1) is 13.3. The maximum absolute atomic E-state index is 12.2. The quantitative estimate of drug-likeness (QED) is 0.595. The third-order valence-corrected chi connectivity index (χ3v) is 5.87. The van der Waals surface area contributed by atoms with E-state index in [0.29, 0.717) is 31.6 Å². The van der Waals surface area contributed by atoms with Gasteiger partial charge in [0.1, 0.15) is 5.75 Å². The van der Waals surface area contributed by atoms with Gasteiger partial charge in [0.05, 0.1) is 11.5 Å². The molecule has 0 spiro atoms. The van der Waals surface area contributed by atoms with Gasteiger partial charge in [0.2, 0.25) is 10.0 Å². The zero-order chi connectivity index (χ0) is 20.6. The highest BCUT2D eigenvalue weighted by Gasteiger charge is 2.17. The fourth-order valence-corrected chi connectivity index (χ4v) is 3.80. The molecule has 0 aliphatic carbocycles. The van der Waals surface area contributed by atoms with Crippen LogP contribution in [-0.4, -0.2) is 33.5 Å². The smallest absolute Gasteiger partial charge is 0.251 e. The van der Waals surface area contributed by atoms with Crippen molar-refractivity contribution in [2.24, 2.45) is 0 Å². The van der Waals surface area contributed by atoms with Crippen molar-refractivity contribution < 1.29 is 17.9 Å². The predicted octanol–water partition coefficient (Wildman–Crippen LogP) is 3.27. The Morgan fingerprint density at radius 3 is 2.50 bits per heavy atom. The lowest BCUT2D eigenvalue weighted by molar-refractivity contribution is 0.0951. The van der Waals surface area contributed by atoms with E-state index in [1.807, 2.05) is 45.0 Å². The van der Waals surface area contributed by atoms with Crippen molar-refractivity contribution in [2.45, 2.75) is 44.6 Å². The fraction of sp³-hybridized carbons (Fsp3) is 0.381. The molecule has 0 saturated carbocycles. The highest BCUT2D eigenvalue weighted by atomic mass is 32.2. The molecule has 2 aromatic rings. The zero-order valence-electron chi connectivity index (χ0n) is 16.6. The molecule has 1 unspecified atom stereocenters. The number of hydrogen-bond donors (Lipinski definition) is 2. The second-order valence-corrected chi connectivity index (χ2v) is 8.44. The summed E-state index contributed by atoms with van der Waals surface area (Å²) in [4.78, 5) is 12.3. The van der Waals surface area contributed by atoms with Crippen LogP contribution in [-0.2, 0) is 10.0 Å². The van der Waals surface area contributed by atoms with Crippen LogP contribution in [0.15, 0.2) is 53.4 Å². The van der Waals surface area contributed by atoms with E-state index in [1.165, 1.54) is 24.3 Å². The van der Waals surface area contributed by atoms with Gasteiger partial charge in [-0.2, -0.15) is 0 Å². The van der Waals surface area contributed by atoms with E-state index in [1.54, 1.807) is 0 Å². The number of aryl methyl sites for hydroxylation is 1. The molecular weight excluding hydrogens is 376 g/mol. The summed E-state index contributed by atoms with van der Waals surface area (Å²) in [5.41, 5.74) is 1.55. The Balaban J connectivity index is 1.79. The van der Waals surface area contributed by atoms with E-state index in [4.69, 9.17) is 4.74 Å². The molecule has 0 saturated heterocycles. The first kappa shape index (κ1) is 21.9. The van der Waals surface area contributed by atoms with E-state index in [0.717, 1.165) is 11.3 Å². The van der Waals surface area contributed by atoms with Crippen LogP contribution in [0.5, 0.6) is 5.75 Å². The van der Waals surface area contributed by atoms with Gasteiger partial charge < -0.3 is 10.1 Å². The third kappa shape index (κ3) is 6.65. The number of ether oxygens (including phenoxy) is 1. The summed E-state index contributed by atoms with van der Waals surface area (Å²) < 4.78 is 32.7. The Hall–Kier alpha value is -2.38. The zero-order valence-corrected chi connectivity index (χ0v) is 17.4. The summed E-state index contributed by atoms with van der Waals surface area (Å²) in [6, 6.07) is 13.6. The van der Waals surface area contributed by atoms with E-state index in [-0.39, 0.29) is 16.8 Å². The normalized spacial score (nSPS) is 12.4. The van der Waals surface area contributed by atoms with E-state index < -0.39 is 10.0 Å². The van der Waals surface area contributed by atoms with Gasteiger partial charge in [0.15, 0.2) is 0 Å². The Kier molecular flexibility index (Phi) is 8.02. The molecule has 0 bridgehead atoms. The van der Waals surface area contributed by atoms with Crippen LogP contribution >= 0.6 is 0 Å². The molecule has 0 radical (unpaired) electrons. The predicted molar refractivity (Wildman–Crippen MR) is 110 cm³/mol. The van der Waals surface area contributed by atoms with Crippen molar-refractivity contribution in [2.75, 3.05) is 13.2 Å². The second-order valence-electron chi connectivity index (χ2n) is 6.73. The summed E-state index contributed by atoms with van der Waals surface area (Å²) in [7, 11) is -3.57. The van der Waals surface area contributed by atoms with Crippen molar-refractivity contribution in [3.8, 4) is 5.75 Å². The van der Waals surface area contributed by atoms with Gasteiger partial charge in [-0.3, -0.25) is 4.79 Å². The number of rotatable bonds is 10. The monoisotopic (exact) mass is 404 g/mol. The summed E-state index contributed by atoms with van der Waals surface area (Å²) >= 11 is 0. The summed E-state index contributed by atoms with van der Waals surface area (Å²) in [5.74, 6) is 0.573. The van der Waals surface area contributed by atoms with Crippen molar-refractivity contribution in [1.82, 2.24) is 10.0 Å². The number of amides is 1. The van der Waals surface area contributed by atoms with Gasteiger partial charge in [-0.15, -0.1) is 0 Å². The molecule has 6 nitrogen and oxygen atoms in total. The van der Waals surface area contributed by atoms with Crippen LogP contribution in [0.1, 0.15) is 42.6 Å². The number of benzene rings is 2. The van der Waals surface area contributed by atoms with Gasteiger partial charge in [0.25, 0.3) is 5.91 Å². The lowest BCUT2D eigenvalue weighted by Crippen LogP contribution is -2.32. The fourth-order valence-electron chi connectivity index (χ4n) is 2.47. The molecule has 0 aromatic heterocycles. The highest BCUT2D eigenvalue weighted by Crippen LogP contribution is 2.13. The molecule has 2 N–H and O–H groups in total. The minimum absolute atomic E-state index is 0.144. The maximum Gasteiger partial charge on any atom is 0.251 e. The number of hydrogen-bond acceptors (Lipinski definition) is 4. The molecule has 7 heteroatoms. The molecule has 2 aromatic carbocycles. The minimum atomic E-state index is -3.57. The van der Waals surface area contributed by atoms with E-state index in [2.05, 4.69) is 10.0 Å². The van der Waals surface area contributed by atoms with Crippen molar-refractivity contribution in [3.63, 3.8) is 0 Å². The number of nitrogens with one attached hydrogen (secondary N) is 2. The van der Waals surface area contributed by atoms with Gasteiger partial charge in [-0.1, -0.05) is 19.1 Å². The topological polar surface area (TPSA) is 84.5 Å². The number of carbonyl (C=O) groups is 1. The van der Waals surface area contributed by atoms with E-state index in [9.17, 15) is 13.2 Å². The van der Waals surface area contributed by atoms with Crippen LogP contribution in [0.2, 0.25) is 0 Å². The van der Waals surface area contributed by atoms with Crippen molar-refractivity contribution in [3.05, 3.63) is 59.7 Å². The molecule has 1 amide bonds. The van der Waals surface area contributed by atoms with Gasteiger partial charge in [-0.05, 0) is 68.7 Å². The Morgan fingerprint density at radius 2 is 1.86 bits per heavy atom. The molecule has 0 aliphatic rings. The number of sulfonamides is 1. The van der Waals surface area contributed by atoms with Gasteiger partial charge >= 0.3 is 0 Å². The minimum Gasteiger partial charge on any atom is -0.494 e. The molecule has 28 heavy (non-hydrogen) atoms. The molecule has 152 valence electrons. The van der Waals surface area contributed by atoms with Crippen LogP contribution in [0, 0.1) is 6.92 Å². The van der Waals surface area contributed by atoms with E-state index >= 15 is 0 Å². The standard InChI is InChI=1S/C21H28N2O4S/c1-4-17(3)23-28(25,26)20-11-9-18(10-12-20)21(24)22-13-6-14-27-19-8-5-7-16(2)15-19/h5,7-12,15,17,23H,4,6,13-14H2,1-3H3,(H,22,24). The molecule has 0 aliphatic heterocycles. The summed E-state index contributed by atoms with van der Waals surface area (Å²) in [5, 5.41) is 2.81. The average molecular weight is 405 g/mol. The lowest BCUT2D eigenvalue weighted by atomic mass is 10.2. The molecular formula is C21H28N2O4S. The Bertz CT molecular complexity index is 880. The van der Waals surface area contributed by atoms with Crippen LogP contribution in [0.25, 0.3) is 0 Å². The average Bonchev–Trinajstić information content (AvgIpc) is 2.67. The van der Waals surface area contributed by atoms with Crippen LogP contribution < -0.4 is 14.8 Å². The van der Waals surface area contributed by atoms with Gasteiger partial charge in [-0.25, -0.2) is 13.1 Å². The summed E-state index contributed by atoms with van der Waals surface area (Å²) in [6.45, 7) is 6.70. The maximum atomic E-state index is 12.2. The highest BCUT2D eigenvalue weighted by molar-refractivity contribution is 7.89. The van der Waals surface area contributed by atoms with Crippen molar-refractivity contribution in [1.29, 1.82) is 0 Å².